The van der Waals surface area contributed by atoms with Gasteiger partial charge >= 0.3 is 0 Å². The average molecular weight is 292 g/mol. The van der Waals surface area contributed by atoms with Gasteiger partial charge in [0.25, 0.3) is 10.0 Å². The summed E-state index contributed by atoms with van der Waals surface area (Å²) in [6.45, 7) is 0. The van der Waals surface area contributed by atoms with Crippen LogP contribution in [0.3, 0.4) is 0 Å². The largest absolute Gasteiger partial charge is 0.399 e. The average Bonchev–Trinajstić information content (AvgIpc) is 2.40. The van der Waals surface area contributed by atoms with Gasteiger partial charge in [0.2, 0.25) is 0 Å². The molecule has 0 radical (unpaired) electrons. The second-order valence-corrected chi connectivity index (χ2v) is 5.48. The molecule has 2 aromatic rings. The number of halogens is 1. The highest BCUT2D eigenvalue weighted by atomic mass is 32.2. The zero-order valence-electron chi connectivity index (χ0n) is 10.0. The standard InChI is InChI=1S/C12H9FN4O2S/c13-10-7-16-4-3-11(10)17-20(18,19)12-2-1-9(15)5-8(12)6-14/h1-5,7H,15H2,(H,16,17). The molecule has 0 amide bonds. The van der Waals surface area contributed by atoms with Crippen LogP contribution in [-0.4, -0.2) is 13.4 Å². The number of nitrogens with two attached hydrogens (primary N) is 1. The van der Waals surface area contributed by atoms with Crippen LogP contribution in [0.15, 0.2) is 41.6 Å². The van der Waals surface area contributed by atoms with E-state index in [0.717, 1.165) is 6.20 Å². The molecule has 0 aliphatic rings. The Bertz CT molecular complexity index is 799. The van der Waals surface area contributed by atoms with Crippen molar-refractivity contribution in [2.24, 2.45) is 0 Å². The molecule has 0 unspecified atom stereocenters. The third-order valence-corrected chi connectivity index (χ3v) is 3.85. The summed E-state index contributed by atoms with van der Waals surface area (Å²) in [7, 11) is -4.09. The van der Waals surface area contributed by atoms with Crippen LogP contribution in [0.5, 0.6) is 0 Å². The zero-order valence-corrected chi connectivity index (χ0v) is 10.9. The van der Waals surface area contributed by atoms with E-state index in [0.29, 0.717) is 0 Å². The lowest BCUT2D eigenvalue weighted by atomic mass is 10.2. The fourth-order valence-electron chi connectivity index (χ4n) is 1.53. The summed E-state index contributed by atoms with van der Waals surface area (Å²) in [6, 6.07) is 6.68. The third kappa shape index (κ3) is 2.67. The molecule has 102 valence electrons. The zero-order chi connectivity index (χ0) is 14.8. The number of nitriles is 1. The van der Waals surface area contributed by atoms with Gasteiger partial charge in [-0.15, -0.1) is 0 Å². The molecule has 0 bridgehead atoms. The van der Waals surface area contributed by atoms with Crippen molar-refractivity contribution in [2.45, 2.75) is 4.90 Å². The van der Waals surface area contributed by atoms with Gasteiger partial charge in [0.1, 0.15) is 11.0 Å². The Morgan fingerprint density at radius 2 is 2.10 bits per heavy atom. The summed E-state index contributed by atoms with van der Waals surface area (Å²) in [6.07, 6.45) is 2.13. The van der Waals surface area contributed by atoms with Crippen molar-refractivity contribution in [1.82, 2.24) is 4.98 Å². The molecule has 8 heteroatoms. The summed E-state index contributed by atoms with van der Waals surface area (Å²) >= 11 is 0. The Morgan fingerprint density at radius 3 is 2.75 bits per heavy atom. The van der Waals surface area contributed by atoms with E-state index >= 15 is 0 Å². The lowest BCUT2D eigenvalue weighted by molar-refractivity contribution is 0.597. The summed E-state index contributed by atoms with van der Waals surface area (Å²) < 4.78 is 39.8. The van der Waals surface area contributed by atoms with Crippen LogP contribution in [-0.2, 0) is 10.0 Å². The minimum absolute atomic E-state index is 0.119. The number of rotatable bonds is 3. The Morgan fingerprint density at radius 1 is 1.35 bits per heavy atom. The molecule has 0 aliphatic carbocycles. The highest BCUT2D eigenvalue weighted by Gasteiger charge is 2.20. The van der Waals surface area contributed by atoms with Crippen LogP contribution in [0.25, 0.3) is 0 Å². The van der Waals surface area contributed by atoms with Crippen molar-refractivity contribution < 1.29 is 12.8 Å². The number of sulfonamides is 1. The summed E-state index contributed by atoms with van der Waals surface area (Å²) in [5, 5.41) is 8.95. The monoisotopic (exact) mass is 292 g/mol. The van der Waals surface area contributed by atoms with Crippen molar-refractivity contribution in [1.29, 1.82) is 5.26 Å². The van der Waals surface area contributed by atoms with E-state index in [1.165, 1.54) is 30.5 Å². The number of hydrogen-bond acceptors (Lipinski definition) is 5. The third-order valence-electron chi connectivity index (χ3n) is 2.43. The van der Waals surface area contributed by atoms with Crippen molar-refractivity contribution >= 4 is 21.4 Å². The van der Waals surface area contributed by atoms with E-state index in [-0.39, 0.29) is 21.8 Å². The number of aromatic nitrogens is 1. The first-order valence-corrected chi connectivity index (χ1v) is 6.84. The highest BCUT2D eigenvalue weighted by molar-refractivity contribution is 7.92. The first-order valence-electron chi connectivity index (χ1n) is 5.36. The molecular formula is C12H9FN4O2S. The molecule has 0 fully saturated rings. The van der Waals surface area contributed by atoms with Crippen molar-refractivity contribution in [2.75, 3.05) is 10.5 Å². The number of nitrogens with one attached hydrogen (secondary N) is 1. The van der Waals surface area contributed by atoms with Crippen molar-refractivity contribution in [3.8, 4) is 6.07 Å². The molecule has 0 atom stereocenters. The Balaban J connectivity index is 2.47. The van der Waals surface area contributed by atoms with E-state index in [2.05, 4.69) is 9.71 Å². The van der Waals surface area contributed by atoms with Crippen LogP contribution in [0.4, 0.5) is 15.8 Å². The minimum atomic E-state index is -4.09. The molecule has 1 heterocycles. The van der Waals surface area contributed by atoms with Gasteiger partial charge in [-0.2, -0.15) is 5.26 Å². The lowest BCUT2D eigenvalue weighted by Crippen LogP contribution is -2.15. The van der Waals surface area contributed by atoms with E-state index in [9.17, 15) is 12.8 Å². The molecule has 0 aliphatic heterocycles. The summed E-state index contributed by atoms with van der Waals surface area (Å²) in [5.74, 6) is -0.815. The quantitative estimate of drug-likeness (QED) is 0.833. The topological polar surface area (TPSA) is 109 Å². The first kappa shape index (κ1) is 13.8. The Hall–Kier alpha value is -2.66. The predicted molar refractivity (Wildman–Crippen MR) is 70.6 cm³/mol. The normalized spacial score (nSPS) is 10.8. The molecule has 1 aromatic heterocycles. The smallest absolute Gasteiger partial charge is 0.263 e. The van der Waals surface area contributed by atoms with E-state index in [1.54, 1.807) is 6.07 Å². The Labute approximate surface area is 114 Å². The maximum absolute atomic E-state index is 13.4. The second kappa shape index (κ2) is 5.14. The SMILES string of the molecule is N#Cc1cc(N)ccc1S(=O)(=O)Nc1ccncc1F. The molecule has 1 aromatic carbocycles. The molecule has 0 saturated carbocycles. The lowest BCUT2D eigenvalue weighted by Gasteiger charge is -2.10. The Kier molecular flexibility index (Phi) is 3.54. The molecule has 0 saturated heterocycles. The minimum Gasteiger partial charge on any atom is -0.399 e. The van der Waals surface area contributed by atoms with Crippen LogP contribution in [0.1, 0.15) is 5.56 Å². The second-order valence-electron chi connectivity index (χ2n) is 3.83. The van der Waals surface area contributed by atoms with Crippen LogP contribution in [0, 0.1) is 17.1 Å². The van der Waals surface area contributed by atoms with E-state index < -0.39 is 15.8 Å². The predicted octanol–water partition coefficient (Wildman–Crippen LogP) is 1.48. The molecule has 0 spiro atoms. The molecule has 20 heavy (non-hydrogen) atoms. The first-order chi connectivity index (χ1) is 9.44. The number of benzene rings is 1. The van der Waals surface area contributed by atoms with Gasteiger partial charge in [-0.05, 0) is 24.3 Å². The van der Waals surface area contributed by atoms with Crippen molar-refractivity contribution in [3.05, 3.63) is 48.0 Å². The molecule has 6 nitrogen and oxygen atoms in total. The van der Waals surface area contributed by atoms with Crippen LogP contribution >= 0.6 is 0 Å². The number of nitrogen functional groups attached to an aromatic ring is 1. The molecular weight excluding hydrogens is 283 g/mol. The maximum Gasteiger partial charge on any atom is 0.263 e. The van der Waals surface area contributed by atoms with E-state index in [1.807, 2.05) is 0 Å². The van der Waals surface area contributed by atoms with Crippen LogP contribution in [0.2, 0.25) is 0 Å². The van der Waals surface area contributed by atoms with Gasteiger partial charge in [-0.1, -0.05) is 0 Å². The van der Waals surface area contributed by atoms with Gasteiger partial charge in [0, 0.05) is 11.9 Å². The molecule has 3 N–H and O–H groups in total. The summed E-state index contributed by atoms with van der Waals surface area (Å²) in [4.78, 5) is 3.24. The van der Waals surface area contributed by atoms with E-state index in [4.69, 9.17) is 11.0 Å². The summed E-state index contributed by atoms with van der Waals surface area (Å²) in [5.41, 5.74) is 5.38. The van der Waals surface area contributed by atoms with Gasteiger partial charge in [-0.3, -0.25) is 9.71 Å². The number of nitrogens with zero attached hydrogens (tertiary/aromatic N) is 2. The maximum atomic E-state index is 13.4. The van der Waals surface area contributed by atoms with Crippen molar-refractivity contribution in [3.63, 3.8) is 0 Å². The fourth-order valence-corrected chi connectivity index (χ4v) is 2.73. The number of hydrogen-bond donors (Lipinski definition) is 2. The van der Waals surface area contributed by atoms with Gasteiger partial charge in [-0.25, -0.2) is 12.8 Å². The highest BCUT2D eigenvalue weighted by Crippen LogP contribution is 2.22. The molecule has 2 rings (SSSR count). The van der Waals surface area contributed by atoms with Gasteiger partial charge in [0.05, 0.1) is 17.4 Å². The fraction of sp³-hybridized carbons (Fsp3) is 0. The van der Waals surface area contributed by atoms with Gasteiger partial charge in [0.15, 0.2) is 5.82 Å². The van der Waals surface area contributed by atoms with Gasteiger partial charge < -0.3 is 5.73 Å². The number of pyridine rings is 1. The van der Waals surface area contributed by atoms with Crippen LogP contribution < -0.4 is 10.5 Å². The number of anilines is 2.